The summed E-state index contributed by atoms with van der Waals surface area (Å²) in [5.74, 6) is -1.05. The summed E-state index contributed by atoms with van der Waals surface area (Å²) in [6.45, 7) is 0. The number of hydrazine groups is 1. The summed E-state index contributed by atoms with van der Waals surface area (Å²) in [6, 6.07) is 9.66. The number of nitrogens with one attached hydrogen (secondary N) is 4. The molecule has 1 heterocycles. The van der Waals surface area contributed by atoms with Gasteiger partial charge in [0.1, 0.15) is 17.7 Å². The van der Waals surface area contributed by atoms with Gasteiger partial charge in [-0.25, -0.2) is 19.6 Å². The minimum Gasteiger partial charge on any atom is -0.352 e. The van der Waals surface area contributed by atoms with Crippen LogP contribution in [0, 0.1) is 11.6 Å². The van der Waals surface area contributed by atoms with E-state index in [1.807, 2.05) is 0 Å². The van der Waals surface area contributed by atoms with E-state index >= 15 is 0 Å². The second-order valence-corrected chi connectivity index (χ2v) is 5.79. The molecule has 24 heavy (non-hydrogen) atoms. The lowest BCUT2D eigenvalue weighted by Crippen LogP contribution is -2.68. The molecule has 0 bridgehead atoms. The van der Waals surface area contributed by atoms with Gasteiger partial charge in [-0.1, -0.05) is 23.7 Å². The van der Waals surface area contributed by atoms with Crippen molar-refractivity contribution in [3.63, 3.8) is 0 Å². The largest absolute Gasteiger partial charge is 0.352 e. The molecule has 1 fully saturated rings. The third-order valence-electron chi connectivity index (χ3n) is 3.59. The zero-order valence-electron chi connectivity index (χ0n) is 12.4. The first kappa shape index (κ1) is 16.6. The molecule has 1 saturated heterocycles. The normalized spacial score (nSPS) is 20.5. The highest BCUT2D eigenvalue weighted by molar-refractivity contribution is 6.31. The van der Waals surface area contributed by atoms with Crippen molar-refractivity contribution in [2.75, 3.05) is 5.32 Å². The first-order chi connectivity index (χ1) is 11.5. The van der Waals surface area contributed by atoms with Gasteiger partial charge in [-0.15, -0.1) is 0 Å². The zero-order valence-corrected chi connectivity index (χ0v) is 13.2. The molecule has 3 rings (SSSR count). The molecule has 4 N–H and O–H groups in total. The average molecular weight is 353 g/mol. The summed E-state index contributed by atoms with van der Waals surface area (Å²) in [5.41, 5.74) is 7.20. The van der Waals surface area contributed by atoms with E-state index in [4.69, 9.17) is 11.6 Å². The van der Waals surface area contributed by atoms with Crippen LogP contribution in [0.25, 0.3) is 0 Å². The molecule has 8 heteroatoms. The van der Waals surface area contributed by atoms with E-state index in [0.717, 1.165) is 5.56 Å². The number of benzene rings is 2. The number of hydrogen-bond donors (Lipinski definition) is 4. The Morgan fingerprint density at radius 2 is 1.83 bits per heavy atom. The van der Waals surface area contributed by atoms with Crippen LogP contribution in [0.15, 0.2) is 42.5 Å². The summed E-state index contributed by atoms with van der Waals surface area (Å²) in [7, 11) is 0. The van der Waals surface area contributed by atoms with Gasteiger partial charge in [-0.3, -0.25) is 4.79 Å². The second-order valence-electron chi connectivity index (χ2n) is 5.39. The molecule has 0 aliphatic carbocycles. The minimum atomic E-state index is -0.580. The molecule has 126 valence electrons. The van der Waals surface area contributed by atoms with Gasteiger partial charge in [0, 0.05) is 5.69 Å². The van der Waals surface area contributed by atoms with Crippen LogP contribution in [0.1, 0.15) is 5.56 Å². The van der Waals surface area contributed by atoms with Crippen LogP contribution in [-0.2, 0) is 11.2 Å². The number of hydrogen-bond acceptors (Lipinski definition) is 4. The number of halogens is 3. The Labute approximate surface area is 142 Å². The fourth-order valence-electron chi connectivity index (χ4n) is 2.35. The number of anilines is 1. The van der Waals surface area contributed by atoms with Crippen LogP contribution in [0.2, 0.25) is 5.02 Å². The highest BCUT2D eigenvalue weighted by Crippen LogP contribution is 2.19. The van der Waals surface area contributed by atoms with E-state index in [1.54, 1.807) is 12.1 Å². The third-order valence-corrected chi connectivity index (χ3v) is 3.88. The summed E-state index contributed by atoms with van der Waals surface area (Å²) in [6.07, 6.45) is -0.169. The van der Waals surface area contributed by atoms with Crippen LogP contribution in [0.5, 0.6) is 0 Å². The SMILES string of the molecule is O=C1NC(Nc2ccc(F)c(Cl)c2)NNC1Cc1ccc(F)cc1. The van der Waals surface area contributed by atoms with Gasteiger partial charge in [0.25, 0.3) is 0 Å². The van der Waals surface area contributed by atoms with Crippen molar-refractivity contribution in [1.29, 1.82) is 0 Å². The molecule has 0 spiro atoms. The van der Waals surface area contributed by atoms with Crippen LogP contribution >= 0.6 is 11.6 Å². The Kier molecular flexibility index (Phi) is 4.94. The van der Waals surface area contributed by atoms with Crippen molar-refractivity contribution in [2.24, 2.45) is 0 Å². The highest BCUT2D eigenvalue weighted by Gasteiger charge is 2.27. The first-order valence-corrected chi connectivity index (χ1v) is 7.66. The highest BCUT2D eigenvalue weighted by atomic mass is 35.5. The van der Waals surface area contributed by atoms with Crippen molar-refractivity contribution in [3.8, 4) is 0 Å². The quantitative estimate of drug-likeness (QED) is 0.681. The molecule has 2 unspecified atom stereocenters. The average Bonchev–Trinajstić information content (AvgIpc) is 2.55. The minimum absolute atomic E-state index is 0.00992. The fourth-order valence-corrected chi connectivity index (χ4v) is 2.53. The van der Waals surface area contributed by atoms with Gasteiger partial charge in [-0.05, 0) is 42.3 Å². The number of carbonyl (C=O) groups is 1. The molecule has 1 aliphatic rings. The maximum Gasteiger partial charge on any atom is 0.241 e. The van der Waals surface area contributed by atoms with Gasteiger partial charge in [0.15, 0.2) is 6.29 Å². The van der Waals surface area contributed by atoms with E-state index < -0.39 is 18.1 Å². The van der Waals surface area contributed by atoms with Crippen molar-refractivity contribution in [2.45, 2.75) is 18.8 Å². The zero-order chi connectivity index (χ0) is 17.1. The monoisotopic (exact) mass is 352 g/mol. The first-order valence-electron chi connectivity index (χ1n) is 7.29. The smallest absolute Gasteiger partial charge is 0.241 e. The second kappa shape index (κ2) is 7.12. The lowest BCUT2D eigenvalue weighted by Gasteiger charge is -2.32. The molecule has 1 amide bonds. The molecule has 5 nitrogen and oxygen atoms in total. The van der Waals surface area contributed by atoms with Crippen LogP contribution in [0.3, 0.4) is 0 Å². The van der Waals surface area contributed by atoms with E-state index in [-0.39, 0.29) is 16.7 Å². The van der Waals surface area contributed by atoms with E-state index in [9.17, 15) is 13.6 Å². The Hall–Kier alpha value is -2.22. The van der Waals surface area contributed by atoms with E-state index in [2.05, 4.69) is 21.5 Å². The molecule has 2 aromatic carbocycles. The predicted octanol–water partition coefficient (Wildman–Crippen LogP) is 2.15. The molecule has 2 atom stereocenters. The molecular formula is C16H15ClF2N4O. The summed E-state index contributed by atoms with van der Waals surface area (Å²) in [4.78, 5) is 12.2. The molecule has 0 radical (unpaired) electrons. The van der Waals surface area contributed by atoms with Gasteiger partial charge < -0.3 is 10.6 Å². The Morgan fingerprint density at radius 1 is 1.08 bits per heavy atom. The lowest BCUT2D eigenvalue weighted by molar-refractivity contribution is -0.126. The third kappa shape index (κ3) is 4.00. The van der Waals surface area contributed by atoms with Crippen molar-refractivity contribution in [1.82, 2.24) is 16.2 Å². The summed E-state index contributed by atoms with van der Waals surface area (Å²) < 4.78 is 26.0. The predicted molar refractivity (Wildman–Crippen MR) is 87.1 cm³/mol. The van der Waals surface area contributed by atoms with Gasteiger partial charge in [0.2, 0.25) is 5.91 Å². The Bertz CT molecular complexity index is 741. The maximum absolute atomic E-state index is 13.1. The van der Waals surface area contributed by atoms with E-state index in [1.165, 1.54) is 30.3 Å². The van der Waals surface area contributed by atoms with Crippen molar-refractivity contribution < 1.29 is 13.6 Å². The Morgan fingerprint density at radius 3 is 2.50 bits per heavy atom. The van der Waals surface area contributed by atoms with Crippen molar-refractivity contribution in [3.05, 3.63) is 64.7 Å². The van der Waals surface area contributed by atoms with Crippen LogP contribution < -0.4 is 21.5 Å². The van der Waals surface area contributed by atoms with Crippen molar-refractivity contribution >= 4 is 23.2 Å². The molecule has 1 aliphatic heterocycles. The van der Waals surface area contributed by atoms with Gasteiger partial charge >= 0.3 is 0 Å². The maximum atomic E-state index is 13.1. The number of amides is 1. The Balaban J connectivity index is 1.57. The summed E-state index contributed by atoms with van der Waals surface area (Å²) in [5, 5.41) is 5.70. The molecule has 2 aromatic rings. The number of carbonyl (C=O) groups excluding carboxylic acids is 1. The van der Waals surface area contributed by atoms with Crippen LogP contribution in [-0.4, -0.2) is 18.2 Å². The molecule has 0 saturated carbocycles. The van der Waals surface area contributed by atoms with Gasteiger partial charge in [0.05, 0.1) is 5.02 Å². The van der Waals surface area contributed by atoms with Crippen LogP contribution in [0.4, 0.5) is 14.5 Å². The molecular weight excluding hydrogens is 338 g/mol. The fraction of sp³-hybridized carbons (Fsp3) is 0.188. The van der Waals surface area contributed by atoms with E-state index in [0.29, 0.717) is 12.1 Å². The topological polar surface area (TPSA) is 65.2 Å². The van der Waals surface area contributed by atoms with Gasteiger partial charge in [-0.2, -0.15) is 0 Å². The standard InChI is InChI=1S/C16H15ClF2N4O/c17-12-8-11(5-6-13(12)19)20-16-21-15(24)14(22-23-16)7-9-1-3-10(18)4-2-9/h1-6,8,14,16,20,22-23H,7H2,(H,21,24). The lowest BCUT2D eigenvalue weighted by atomic mass is 10.1. The molecule has 0 aromatic heterocycles. The number of rotatable bonds is 4. The summed E-state index contributed by atoms with van der Waals surface area (Å²) >= 11 is 5.72.